The smallest absolute Gasteiger partial charge is 0.471 e. The van der Waals surface area contributed by atoms with Crippen LogP contribution in [0.4, 0.5) is 13.2 Å². The van der Waals surface area contributed by atoms with Crippen LogP contribution in [0.25, 0.3) is 11.4 Å². The van der Waals surface area contributed by atoms with Gasteiger partial charge in [-0.15, -0.1) is 0 Å². The molecule has 1 N–H and O–H groups in total. The fourth-order valence-corrected chi connectivity index (χ4v) is 2.48. The maximum Gasteiger partial charge on any atom is 0.471 e. The van der Waals surface area contributed by atoms with Crippen LogP contribution in [0, 0.1) is 13.8 Å². The Balaban J connectivity index is 1.63. The van der Waals surface area contributed by atoms with Gasteiger partial charge in [-0.2, -0.15) is 18.2 Å². The molecule has 1 aromatic carbocycles. The van der Waals surface area contributed by atoms with E-state index in [0.717, 1.165) is 6.07 Å². The van der Waals surface area contributed by atoms with Crippen LogP contribution >= 0.6 is 0 Å². The zero-order chi connectivity index (χ0) is 21.2. The summed E-state index contributed by atoms with van der Waals surface area (Å²) in [5.74, 6) is -2.69. The average Bonchev–Trinajstić information content (AvgIpc) is 3.29. The van der Waals surface area contributed by atoms with Gasteiger partial charge in [-0.1, -0.05) is 5.16 Å². The largest absolute Gasteiger partial charge is 0.489 e. The van der Waals surface area contributed by atoms with Crippen molar-refractivity contribution >= 4 is 5.97 Å². The SMILES string of the molecule is Cc1cc(-c2noc(C(F)(F)F)n2)cc(C)c1OCCOc1cc(C(=O)O)on1. The molecule has 0 unspecified atom stereocenters. The number of benzene rings is 1. The van der Waals surface area contributed by atoms with Crippen molar-refractivity contribution in [1.29, 1.82) is 0 Å². The van der Waals surface area contributed by atoms with Crippen LogP contribution in [-0.2, 0) is 6.18 Å². The number of aromatic carboxylic acids is 1. The molecule has 0 spiro atoms. The van der Waals surface area contributed by atoms with Crippen LogP contribution in [-0.4, -0.2) is 39.6 Å². The summed E-state index contributed by atoms with van der Waals surface area (Å²) in [7, 11) is 0. The van der Waals surface area contributed by atoms with E-state index in [4.69, 9.17) is 14.6 Å². The Hall–Kier alpha value is -3.57. The summed E-state index contributed by atoms with van der Waals surface area (Å²) in [5.41, 5.74) is 1.65. The highest BCUT2D eigenvalue weighted by Gasteiger charge is 2.38. The lowest BCUT2D eigenvalue weighted by Crippen LogP contribution is -2.10. The van der Waals surface area contributed by atoms with Gasteiger partial charge in [0.25, 0.3) is 5.88 Å². The van der Waals surface area contributed by atoms with Gasteiger partial charge in [0, 0.05) is 5.56 Å². The molecule has 0 saturated carbocycles. The highest BCUT2D eigenvalue weighted by molar-refractivity contribution is 5.84. The van der Waals surface area contributed by atoms with Crippen LogP contribution in [0.1, 0.15) is 27.6 Å². The van der Waals surface area contributed by atoms with E-state index >= 15 is 0 Å². The lowest BCUT2D eigenvalue weighted by molar-refractivity contribution is -0.159. The molecule has 0 aliphatic heterocycles. The maximum absolute atomic E-state index is 12.6. The summed E-state index contributed by atoms with van der Waals surface area (Å²) in [6, 6.07) is 4.28. The molecule has 3 rings (SSSR count). The summed E-state index contributed by atoms with van der Waals surface area (Å²) >= 11 is 0. The number of hydrogen-bond donors (Lipinski definition) is 1. The molecule has 0 fully saturated rings. The lowest BCUT2D eigenvalue weighted by atomic mass is 10.1. The molecule has 2 aromatic heterocycles. The van der Waals surface area contributed by atoms with Crippen LogP contribution < -0.4 is 9.47 Å². The monoisotopic (exact) mass is 413 g/mol. The molecule has 154 valence electrons. The Morgan fingerprint density at radius 2 is 1.72 bits per heavy atom. The first kappa shape index (κ1) is 20.2. The number of halogens is 3. The third kappa shape index (κ3) is 4.65. The number of ether oxygens (including phenoxy) is 2. The van der Waals surface area contributed by atoms with Crippen LogP contribution in [0.5, 0.6) is 11.6 Å². The fraction of sp³-hybridized carbons (Fsp3) is 0.294. The molecular weight excluding hydrogens is 399 g/mol. The van der Waals surface area contributed by atoms with Gasteiger partial charge < -0.3 is 23.6 Å². The molecule has 9 nitrogen and oxygen atoms in total. The van der Waals surface area contributed by atoms with E-state index in [1.165, 1.54) is 0 Å². The third-order valence-electron chi connectivity index (χ3n) is 3.67. The molecular formula is C17H14F3N3O6. The highest BCUT2D eigenvalue weighted by atomic mass is 19.4. The molecule has 3 aromatic rings. The minimum atomic E-state index is -4.71. The predicted molar refractivity (Wildman–Crippen MR) is 88.7 cm³/mol. The predicted octanol–water partition coefficient (Wildman–Crippen LogP) is 3.52. The van der Waals surface area contributed by atoms with Gasteiger partial charge in [0.05, 0.1) is 6.07 Å². The number of rotatable bonds is 7. The summed E-state index contributed by atoms with van der Waals surface area (Å²) in [6.07, 6.45) is -4.71. The van der Waals surface area contributed by atoms with Crippen molar-refractivity contribution in [3.8, 4) is 23.0 Å². The normalized spacial score (nSPS) is 11.5. The van der Waals surface area contributed by atoms with Crippen molar-refractivity contribution < 1.29 is 41.6 Å². The number of carbonyl (C=O) groups is 1. The van der Waals surface area contributed by atoms with E-state index in [9.17, 15) is 18.0 Å². The Kier molecular flexibility index (Phi) is 5.43. The fourth-order valence-electron chi connectivity index (χ4n) is 2.48. The number of carboxylic acids is 1. The second kappa shape index (κ2) is 7.81. The molecule has 0 aliphatic rings. The molecule has 0 aliphatic carbocycles. The van der Waals surface area contributed by atoms with Crippen LogP contribution in [0.15, 0.2) is 27.2 Å². The Bertz CT molecular complexity index is 1000. The highest BCUT2D eigenvalue weighted by Crippen LogP contribution is 2.32. The van der Waals surface area contributed by atoms with Gasteiger partial charge in [0.2, 0.25) is 11.6 Å². The van der Waals surface area contributed by atoms with Crippen molar-refractivity contribution in [3.63, 3.8) is 0 Å². The standard InChI is InChI=1S/C17H14F3N3O6/c1-8-5-10(14-21-16(29-23-14)17(18,19)20)6-9(2)13(8)27-4-3-26-12-7-11(15(24)25)28-22-12/h5-7H,3-4H2,1-2H3,(H,24,25). The number of nitrogens with zero attached hydrogens (tertiary/aromatic N) is 3. The van der Waals surface area contributed by atoms with Gasteiger partial charge in [0.15, 0.2) is 0 Å². The first-order chi connectivity index (χ1) is 13.6. The second-order valence-corrected chi connectivity index (χ2v) is 5.89. The molecule has 0 saturated heterocycles. The van der Waals surface area contributed by atoms with Gasteiger partial charge >= 0.3 is 18.0 Å². The maximum atomic E-state index is 12.6. The number of aryl methyl sites for hydroxylation is 2. The second-order valence-electron chi connectivity index (χ2n) is 5.89. The van der Waals surface area contributed by atoms with Crippen LogP contribution in [0.3, 0.4) is 0 Å². The van der Waals surface area contributed by atoms with E-state index < -0.39 is 18.0 Å². The summed E-state index contributed by atoms with van der Waals surface area (Å²) in [5, 5.41) is 15.5. The number of hydrogen-bond acceptors (Lipinski definition) is 8. The van der Waals surface area contributed by atoms with E-state index in [2.05, 4.69) is 24.3 Å². The first-order valence-electron chi connectivity index (χ1n) is 8.13. The topological polar surface area (TPSA) is 121 Å². The Morgan fingerprint density at radius 1 is 1.07 bits per heavy atom. The van der Waals surface area contributed by atoms with E-state index in [1.807, 2.05) is 0 Å². The van der Waals surface area contributed by atoms with Gasteiger partial charge in [-0.25, -0.2) is 4.79 Å². The molecule has 0 atom stereocenters. The summed E-state index contributed by atoms with van der Waals surface area (Å²) in [6.45, 7) is 3.60. The van der Waals surface area contributed by atoms with Gasteiger partial charge in [-0.05, 0) is 42.3 Å². The molecule has 2 heterocycles. The molecule has 0 radical (unpaired) electrons. The van der Waals surface area contributed by atoms with Crippen molar-refractivity contribution in [1.82, 2.24) is 15.3 Å². The first-order valence-corrected chi connectivity index (χ1v) is 8.13. The van der Waals surface area contributed by atoms with Crippen LogP contribution in [0.2, 0.25) is 0 Å². The molecule has 12 heteroatoms. The zero-order valence-electron chi connectivity index (χ0n) is 15.1. The van der Waals surface area contributed by atoms with Crippen molar-refractivity contribution in [2.75, 3.05) is 13.2 Å². The number of alkyl halides is 3. The number of aromatic nitrogens is 3. The van der Waals surface area contributed by atoms with Gasteiger partial charge in [-0.3, -0.25) is 0 Å². The summed E-state index contributed by atoms with van der Waals surface area (Å²) < 4.78 is 57.5. The van der Waals surface area contributed by atoms with Crippen molar-refractivity contribution in [3.05, 3.63) is 41.0 Å². The Morgan fingerprint density at radius 3 is 2.28 bits per heavy atom. The van der Waals surface area contributed by atoms with Crippen molar-refractivity contribution in [2.45, 2.75) is 20.0 Å². The minimum Gasteiger partial charge on any atom is -0.489 e. The third-order valence-corrected chi connectivity index (χ3v) is 3.67. The molecule has 29 heavy (non-hydrogen) atoms. The Labute approximate surface area is 161 Å². The summed E-state index contributed by atoms with van der Waals surface area (Å²) in [4.78, 5) is 14.1. The molecule has 0 amide bonds. The molecule has 0 bridgehead atoms. The van der Waals surface area contributed by atoms with E-state index in [-0.39, 0.29) is 30.7 Å². The van der Waals surface area contributed by atoms with Crippen molar-refractivity contribution in [2.24, 2.45) is 0 Å². The minimum absolute atomic E-state index is 0.00682. The van der Waals surface area contributed by atoms with Gasteiger partial charge in [0.1, 0.15) is 19.0 Å². The zero-order valence-corrected chi connectivity index (χ0v) is 15.1. The van der Waals surface area contributed by atoms with E-state index in [1.54, 1.807) is 26.0 Å². The average molecular weight is 413 g/mol. The quantitative estimate of drug-likeness (QED) is 0.580. The number of carboxylic acid groups (broad SMARTS) is 1. The lowest BCUT2D eigenvalue weighted by Gasteiger charge is -2.13. The van der Waals surface area contributed by atoms with E-state index in [0.29, 0.717) is 22.4 Å².